The predicted molar refractivity (Wildman–Crippen MR) is 52.0 cm³/mol. The minimum absolute atomic E-state index is 0. The largest absolute Gasteiger partial charge is 1.00 e. The number of hydrogen-bond acceptors (Lipinski definition) is 1. The minimum Gasteiger partial charge on any atom is -0.872 e. The summed E-state index contributed by atoms with van der Waals surface area (Å²) < 4.78 is 0. The number of fused-ring (bicyclic) bond motifs is 1. The van der Waals surface area contributed by atoms with Crippen LogP contribution in [0.5, 0.6) is 0 Å². The quantitative estimate of drug-likeness (QED) is 0.515. The second-order valence-electron chi connectivity index (χ2n) is 3.44. The number of hydrogen-bond donors (Lipinski definition) is 0. The van der Waals surface area contributed by atoms with E-state index in [0.29, 0.717) is 0 Å². The summed E-state index contributed by atoms with van der Waals surface area (Å²) in [6, 6.07) is 7.94. The van der Waals surface area contributed by atoms with Crippen molar-refractivity contribution in [3.63, 3.8) is 0 Å². The van der Waals surface area contributed by atoms with Crippen LogP contribution >= 0.6 is 0 Å². The second-order valence-corrected chi connectivity index (χ2v) is 3.44. The molecule has 0 saturated carbocycles. The fraction of sp³-hybridized carbons (Fsp3) is 0.333. The first-order valence-corrected chi connectivity index (χ1v) is 4.80. The number of aryl methyl sites for hydroxylation is 1. The summed E-state index contributed by atoms with van der Waals surface area (Å²) in [5.41, 5.74) is 3.22. The third kappa shape index (κ3) is 1.89. The van der Waals surface area contributed by atoms with Gasteiger partial charge in [-0.3, -0.25) is 0 Å². The van der Waals surface area contributed by atoms with Gasteiger partial charge in [-0.05, 0) is 30.4 Å². The van der Waals surface area contributed by atoms with Gasteiger partial charge in [-0.1, -0.05) is 36.8 Å². The van der Waals surface area contributed by atoms with Crippen molar-refractivity contribution in [2.75, 3.05) is 0 Å². The molecule has 14 heavy (non-hydrogen) atoms. The SMILES string of the molecule is CCC1=C([O-])c2ccccc2CC1.[Li+]. The number of allylic oxidation sites excluding steroid dienone is 1. The van der Waals surface area contributed by atoms with E-state index in [1.54, 1.807) is 0 Å². The molecule has 2 heteroatoms. The van der Waals surface area contributed by atoms with Gasteiger partial charge < -0.3 is 5.11 Å². The van der Waals surface area contributed by atoms with E-state index in [1.165, 1.54) is 5.56 Å². The second kappa shape index (κ2) is 4.73. The average Bonchev–Trinajstić information content (AvgIpc) is 2.19. The molecule has 1 nitrogen and oxygen atoms in total. The van der Waals surface area contributed by atoms with Crippen molar-refractivity contribution in [1.82, 2.24) is 0 Å². The number of rotatable bonds is 1. The van der Waals surface area contributed by atoms with E-state index in [2.05, 4.69) is 13.0 Å². The van der Waals surface area contributed by atoms with Crippen LogP contribution in [0, 0.1) is 0 Å². The van der Waals surface area contributed by atoms with Gasteiger partial charge in [0.2, 0.25) is 0 Å². The molecule has 1 aliphatic rings. The Kier molecular flexibility index (Phi) is 3.86. The van der Waals surface area contributed by atoms with Gasteiger partial charge in [-0.2, -0.15) is 0 Å². The van der Waals surface area contributed by atoms with Crippen molar-refractivity contribution in [1.29, 1.82) is 0 Å². The maximum Gasteiger partial charge on any atom is 1.00 e. The monoisotopic (exact) mass is 180 g/mol. The van der Waals surface area contributed by atoms with Crippen LogP contribution in [0.2, 0.25) is 0 Å². The molecule has 0 atom stereocenters. The Morgan fingerprint density at radius 3 is 2.64 bits per heavy atom. The summed E-state index contributed by atoms with van der Waals surface area (Å²) in [7, 11) is 0. The smallest absolute Gasteiger partial charge is 0.872 e. The van der Waals surface area contributed by atoms with Crippen LogP contribution in [0.15, 0.2) is 29.8 Å². The molecule has 0 fully saturated rings. The summed E-state index contributed by atoms with van der Waals surface area (Å²) in [5.74, 6) is 0.268. The average molecular weight is 180 g/mol. The van der Waals surface area contributed by atoms with E-state index in [1.807, 2.05) is 18.2 Å². The summed E-state index contributed by atoms with van der Waals surface area (Å²) >= 11 is 0. The van der Waals surface area contributed by atoms with E-state index in [9.17, 15) is 5.11 Å². The standard InChI is InChI=1S/C12H14O.Li/c1-2-9-7-8-10-5-3-4-6-11(10)12(9)13;/h3-6,13H,2,7-8H2,1H3;/q;+1/p-1. The van der Waals surface area contributed by atoms with Crippen molar-refractivity contribution >= 4 is 5.76 Å². The maximum absolute atomic E-state index is 11.8. The molecular formula is C12H13LiO. The summed E-state index contributed by atoms with van der Waals surface area (Å²) in [4.78, 5) is 0. The van der Waals surface area contributed by atoms with E-state index in [4.69, 9.17) is 0 Å². The summed E-state index contributed by atoms with van der Waals surface area (Å²) in [5, 5.41) is 11.8. The zero-order valence-corrected chi connectivity index (χ0v) is 8.84. The molecule has 0 N–H and O–H groups in total. The van der Waals surface area contributed by atoms with Gasteiger partial charge >= 0.3 is 18.9 Å². The van der Waals surface area contributed by atoms with Crippen molar-refractivity contribution in [2.45, 2.75) is 26.2 Å². The van der Waals surface area contributed by atoms with E-state index < -0.39 is 0 Å². The molecule has 0 saturated heterocycles. The third-order valence-electron chi connectivity index (χ3n) is 2.71. The fourth-order valence-corrected chi connectivity index (χ4v) is 1.89. The molecule has 0 amide bonds. The first-order valence-electron chi connectivity index (χ1n) is 4.80. The van der Waals surface area contributed by atoms with Gasteiger partial charge in [0.1, 0.15) is 0 Å². The molecule has 1 aliphatic carbocycles. The Labute approximate surface area is 97.0 Å². The molecule has 0 bridgehead atoms. The van der Waals surface area contributed by atoms with Crippen LogP contribution < -0.4 is 24.0 Å². The third-order valence-corrected chi connectivity index (χ3v) is 2.71. The van der Waals surface area contributed by atoms with Crippen LogP contribution in [0.25, 0.3) is 5.76 Å². The fourth-order valence-electron chi connectivity index (χ4n) is 1.89. The normalized spacial score (nSPS) is 14.6. The molecular weight excluding hydrogens is 167 g/mol. The molecule has 1 aromatic rings. The first kappa shape index (κ1) is 11.4. The Bertz CT molecular complexity index is 355. The van der Waals surface area contributed by atoms with Gasteiger partial charge in [0, 0.05) is 0 Å². The van der Waals surface area contributed by atoms with Gasteiger partial charge in [0.25, 0.3) is 0 Å². The van der Waals surface area contributed by atoms with Crippen molar-refractivity contribution < 1.29 is 24.0 Å². The summed E-state index contributed by atoms with van der Waals surface area (Å²) in [6.07, 6.45) is 2.88. The molecule has 0 aliphatic heterocycles. The van der Waals surface area contributed by atoms with E-state index in [0.717, 1.165) is 30.4 Å². The maximum atomic E-state index is 11.8. The molecule has 0 spiro atoms. The molecule has 0 unspecified atom stereocenters. The molecule has 1 aromatic carbocycles. The van der Waals surface area contributed by atoms with Crippen LogP contribution in [0.4, 0.5) is 0 Å². The molecule has 2 rings (SSSR count). The topological polar surface area (TPSA) is 23.1 Å². The van der Waals surface area contributed by atoms with Gasteiger partial charge in [0.05, 0.1) is 0 Å². The summed E-state index contributed by atoms with van der Waals surface area (Å²) in [6.45, 7) is 2.06. The first-order chi connectivity index (χ1) is 6.33. The van der Waals surface area contributed by atoms with Crippen LogP contribution in [-0.2, 0) is 6.42 Å². The Hall–Kier alpha value is -0.643. The van der Waals surface area contributed by atoms with Crippen LogP contribution in [0.3, 0.4) is 0 Å². The Morgan fingerprint density at radius 2 is 1.93 bits per heavy atom. The zero-order valence-electron chi connectivity index (χ0n) is 8.84. The van der Waals surface area contributed by atoms with Crippen molar-refractivity contribution in [3.8, 4) is 0 Å². The van der Waals surface area contributed by atoms with Gasteiger partial charge in [0.15, 0.2) is 0 Å². The Balaban J connectivity index is 0.000000980. The van der Waals surface area contributed by atoms with E-state index in [-0.39, 0.29) is 24.6 Å². The van der Waals surface area contributed by atoms with Crippen molar-refractivity contribution in [2.24, 2.45) is 0 Å². The van der Waals surface area contributed by atoms with Crippen LogP contribution in [0.1, 0.15) is 30.9 Å². The van der Waals surface area contributed by atoms with Gasteiger partial charge in [-0.25, -0.2) is 0 Å². The van der Waals surface area contributed by atoms with E-state index >= 15 is 0 Å². The predicted octanol–water partition coefficient (Wildman–Crippen LogP) is -0.882. The molecule has 0 heterocycles. The molecule has 0 radical (unpaired) electrons. The minimum atomic E-state index is 0. The van der Waals surface area contributed by atoms with Crippen LogP contribution in [-0.4, -0.2) is 0 Å². The number of benzene rings is 1. The van der Waals surface area contributed by atoms with Crippen molar-refractivity contribution in [3.05, 3.63) is 41.0 Å². The molecule has 68 valence electrons. The zero-order chi connectivity index (χ0) is 9.26. The van der Waals surface area contributed by atoms with Gasteiger partial charge in [-0.15, -0.1) is 5.76 Å². The molecule has 0 aromatic heterocycles. The Morgan fingerprint density at radius 1 is 1.21 bits per heavy atom.